The first-order chi connectivity index (χ1) is 16.0. The molecule has 0 unspecified atom stereocenters. The predicted molar refractivity (Wildman–Crippen MR) is 128 cm³/mol. The van der Waals surface area contributed by atoms with E-state index in [2.05, 4.69) is 20.2 Å². The van der Waals surface area contributed by atoms with Gasteiger partial charge in [0, 0.05) is 31.9 Å². The second-order valence-electron chi connectivity index (χ2n) is 8.43. The number of carbonyl (C=O) groups is 2. The van der Waals surface area contributed by atoms with E-state index in [4.69, 9.17) is 0 Å². The lowest BCUT2D eigenvalue weighted by atomic mass is 9.97. The van der Waals surface area contributed by atoms with Crippen molar-refractivity contribution in [3.05, 3.63) is 46.5 Å². The Kier molecular flexibility index (Phi) is 5.84. The average molecular weight is 467 g/mol. The van der Waals surface area contributed by atoms with Crippen LogP contribution in [0.25, 0.3) is 10.3 Å². The summed E-state index contributed by atoms with van der Waals surface area (Å²) in [6.07, 6.45) is 3.96. The molecule has 4 heterocycles. The molecule has 1 saturated heterocycles. The van der Waals surface area contributed by atoms with Crippen LogP contribution in [0.4, 0.5) is 10.8 Å². The molecular formula is C23H26N6O3S. The summed E-state index contributed by atoms with van der Waals surface area (Å²) in [6, 6.07) is 7.85. The van der Waals surface area contributed by atoms with Gasteiger partial charge in [-0.3, -0.25) is 19.0 Å². The number of nitrogens with one attached hydrogen (secondary N) is 1. The van der Waals surface area contributed by atoms with E-state index in [0.717, 1.165) is 37.1 Å². The molecular weight excluding hydrogens is 440 g/mol. The lowest BCUT2D eigenvalue weighted by molar-refractivity contribution is -0.125. The number of nitrogens with zero attached hydrogens (tertiary/aromatic N) is 5. The van der Waals surface area contributed by atoms with E-state index in [-0.39, 0.29) is 29.8 Å². The maximum atomic E-state index is 13.1. The Hall–Kier alpha value is -3.27. The highest BCUT2D eigenvalue weighted by atomic mass is 32.1. The molecule has 33 heavy (non-hydrogen) atoms. The average Bonchev–Trinajstić information content (AvgIpc) is 3.46. The van der Waals surface area contributed by atoms with Crippen molar-refractivity contribution in [1.29, 1.82) is 0 Å². The van der Waals surface area contributed by atoms with E-state index < -0.39 is 0 Å². The monoisotopic (exact) mass is 466 g/mol. The van der Waals surface area contributed by atoms with Crippen LogP contribution in [0.5, 0.6) is 0 Å². The van der Waals surface area contributed by atoms with Crippen LogP contribution in [-0.2, 0) is 22.6 Å². The first kappa shape index (κ1) is 21.6. The molecule has 2 aliphatic rings. The minimum absolute atomic E-state index is 0.0609. The van der Waals surface area contributed by atoms with Crippen LogP contribution < -0.4 is 20.7 Å². The fourth-order valence-corrected chi connectivity index (χ4v) is 5.60. The molecule has 1 atom stereocenters. The van der Waals surface area contributed by atoms with E-state index in [1.165, 1.54) is 22.2 Å². The van der Waals surface area contributed by atoms with Gasteiger partial charge in [-0.1, -0.05) is 29.5 Å². The third kappa shape index (κ3) is 4.10. The number of benzene rings is 1. The van der Waals surface area contributed by atoms with Gasteiger partial charge in [-0.15, -0.1) is 0 Å². The van der Waals surface area contributed by atoms with E-state index in [9.17, 15) is 14.4 Å². The van der Waals surface area contributed by atoms with Gasteiger partial charge >= 0.3 is 0 Å². The maximum Gasteiger partial charge on any atom is 0.273 e. The zero-order valence-electron chi connectivity index (χ0n) is 18.5. The van der Waals surface area contributed by atoms with Crippen molar-refractivity contribution in [2.75, 3.05) is 36.0 Å². The van der Waals surface area contributed by atoms with Gasteiger partial charge in [-0.05, 0) is 37.8 Å². The highest BCUT2D eigenvalue weighted by Gasteiger charge is 2.28. The highest BCUT2D eigenvalue weighted by molar-refractivity contribution is 7.22. The fourth-order valence-electron chi connectivity index (χ4n) is 4.59. The molecule has 0 radical (unpaired) electrons. The molecule has 0 aliphatic carbocycles. The smallest absolute Gasteiger partial charge is 0.273 e. The molecule has 172 valence electrons. The molecule has 1 fully saturated rings. The number of rotatable bonds is 5. The van der Waals surface area contributed by atoms with E-state index >= 15 is 0 Å². The minimum Gasteiger partial charge on any atom is -0.356 e. The van der Waals surface area contributed by atoms with Crippen LogP contribution >= 0.6 is 11.3 Å². The number of hydrogen-bond donors (Lipinski definition) is 1. The van der Waals surface area contributed by atoms with Crippen molar-refractivity contribution in [2.24, 2.45) is 5.92 Å². The number of carbonyl (C=O) groups excluding carboxylic acids is 2. The van der Waals surface area contributed by atoms with Crippen LogP contribution in [0, 0.1) is 5.92 Å². The van der Waals surface area contributed by atoms with Gasteiger partial charge < -0.3 is 15.1 Å². The molecule has 10 heteroatoms. The van der Waals surface area contributed by atoms with Gasteiger partial charge in [0.05, 0.1) is 5.92 Å². The molecule has 5 rings (SSSR count). The van der Waals surface area contributed by atoms with Gasteiger partial charge in [0.25, 0.3) is 5.56 Å². The molecule has 0 spiro atoms. The second kappa shape index (κ2) is 8.93. The van der Waals surface area contributed by atoms with Gasteiger partial charge in [0.15, 0.2) is 10.8 Å². The number of hydrogen-bond acceptors (Lipinski definition) is 7. The quantitative estimate of drug-likeness (QED) is 0.615. The van der Waals surface area contributed by atoms with Crippen molar-refractivity contribution < 1.29 is 9.59 Å². The third-order valence-corrected chi connectivity index (χ3v) is 7.37. The summed E-state index contributed by atoms with van der Waals surface area (Å²) in [4.78, 5) is 51.1. The van der Waals surface area contributed by atoms with Crippen LogP contribution in [0.3, 0.4) is 0 Å². The van der Waals surface area contributed by atoms with Gasteiger partial charge in [-0.2, -0.15) is 4.98 Å². The summed E-state index contributed by atoms with van der Waals surface area (Å²) in [5.74, 6) is -0.157. The zero-order chi connectivity index (χ0) is 22.9. The normalized spacial score (nSPS) is 17.9. The molecule has 3 aromatic rings. The standard InChI is InChI=1S/C23H26N6O3S/c1-2-24-21(31)16-7-5-10-27(12-16)23-26-20-19(33-23)22(32)28(14-25-20)13-18(30)29-11-9-15-6-3-4-8-17(15)29/h3-4,6,8,14,16H,2,5,7,9-13H2,1H3,(H,24,31)/t16-/m0/s1. The maximum absolute atomic E-state index is 13.1. The summed E-state index contributed by atoms with van der Waals surface area (Å²) in [5, 5.41) is 3.59. The number of anilines is 2. The van der Waals surface area contributed by atoms with Crippen LogP contribution in [0.1, 0.15) is 25.3 Å². The Morgan fingerprint density at radius 2 is 2.09 bits per heavy atom. The fraction of sp³-hybridized carbons (Fsp3) is 0.435. The molecule has 9 nitrogen and oxygen atoms in total. The second-order valence-corrected chi connectivity index (χ2v) is 9.41. The van der Waals surface area contributed by atoms with Crippen molar-refractivity contribution in [2.45, 2.75) is 32.7 Å². The lowest BCUT2D eigenvalue weighted by Gasteiger charge is -2.31. The number of amides is 2. The number of fused-ring (bicyclic) bond motifs is 2. The van der Waals surface area contributed by atoms with Crippen molar-refractivity contribution in [3.8, 4) is 0 Å². The topological polar surface area (TPSA) is 100 Å². The Balaban J connectivity index is 1.35. The Morgan fingerprint density at radius 3 is 2.94 bits per heavy atom. The van der Waals surface area contributed by atoms with Gasteiger partial charge in [0.1, 0.15) is 17.6 Å². The SMILES string of the molecule is CCNC(=O)[C@H]1CCCN(c2nc3ncn(CC(=O)N4CCc5ccccc54)c(=O)c3s2)C1. The molecule has 2 aliphatic heterocycles. The van der Waals surface area contributed by atoms with E-state index in [0.29, 0.717) is 35.1 Å². The van der Waals surface area contributed by atoms with Crippen molar-refractivity contribution in [1.82, 2.24) is 19.9 Å². The summed E-state index contributed by atoms with van der Waals surface area (Å²) >= 11 is 1.28. The van der Waals surface area contributed by atoms with E-state index in [1.54, 1.807) is 4.90 Å². The minimum atomic E-state index is -0.262. The summed E-state index contributed by atoms with van der Waals surface area (Å²) in [5.41, 5.74) is 2.18. The Labute approximate surface area is 195 Å². The molecule has 0 saturated carbocycles. The summed E-state index contributed by atoms with van der Waals surface area (Å²) in [6.45, 7) is 4.45. The predicted octanol–water partition coefficient (Wildman–Crippen LogP) is 1.79. The van der Waals surface area contributed by atoms with Crippen LogP contribution in [0.2, 0.25) is 0 Å². The molecule has 1 N–H and O–H groups in total. The first-order valence-corrected chi connectivity index (χ1v) is 12.1. The van der Waals surface area contributed by atoms with Crippen molar-refractivity contribution in [3.63, 3.8) is 0 Å². The summed E-state index contributed by atoms with van der Waals surface area (Å²) in [7, 11) is 0. The van der Waals surface area contributed by atoms with Gasteiger partial charge in [0.2, 0.25) is 11.8 Å². The zero-order valence-corrected chi connectivity index (χ0v) is 19.3. The van der Waals surface area contributed by atoms with E-state index in [1.807, 2.05) is 31.2 Å². The molecule has 2 amide bonds. The number of para-hydroxylation sites is 1. The number of aromatic nitrogens is 3. The van der Waals surface area contributed by atoms with Crippen LogP contribution in [0.15, 0.2) is 35.4 Å². The Bertz CT molecular complexity index is 1270. The Morgan fingerprint density at radius 1 is 1.24 bits per heavy atom. The lowest BCUT2D eigenvalue weighted by Crippen LogP contribution is -2.43. The molecule has 2 aromatic heterocycles. The van der Waals surface area contributed by atoms with Crippen LogP contribution in [-0.4, -0.2) is 52.5 Å². The largest absolute Gasteiger partial charge is 0.356 e. The first-order valence-electron chi connectivity index (χ1n) is 11.3. The number of thiazole rings is 1. The molecule has 0 bridgehead atoms. The highest BCUT2D eigenvalue weighted by Crippen LogP contribution is 2.30. The molecule has 1 aromatic carbocycles. The summed E-state index contributed by atoms with van der Waals surface area (Å²) < 4.78 is 1.80. The number of piperidine rings is 1. The van der Waals surface area contributed by atoms with Crippen molar-refractivity contribution >= 4 is 44.3 Å². The third-order valence-electron chi connectivity index (χ3n) is 6.28. The van der Waals surface area contributed by atoms with Gasteiger partial charge in [-0.25, -0.2) is 4.98 Å².